The average molecular weight is 1420 g/mol. The number of methoxy groups -OCH3 is 5. The first-order chi connectivity index (χ1) is 47.2. The van der Waals surface area contributed by atoms with Crippen LogP contribution in [0.25, 0.3) is 43.6 Å². The van der Waals surface area contributed by atoms with Gasteiger partial charge in [-0.25, -0.2) is 67.4 Å². The SMILES string of the molecule is COC(=O)O/N=C(\c1nc(C(=O)OC)cs1)c1c[nH]c2ccccc12.COC(=O)c1csc(/C(=N\NC(C)=O)c2c[nH]c3ccccc23)n1.COC(=O)c1csc(/C(=N\NS(C)(=O)=O)c2c[nH]c3ccccc23)n1.COC(=O)c1csc(/C(=N\OC(C)=O)c2c[nH]c3ccccc23)n1. The molecule has 6 N–H and O–H groups in total. The summed E-state index contributed by atoms with van der Waals surface area (Å²) in [5.41, 5.74) is 11.0. The Morgan fingerprint density at radius 2 is 0.714 bits per heavy atom. The number of oxime groups is 2. The van der Waals surface area contributed by atoms with Crippen LogP contribution in [-0.2, 0) is 53.0 Å². The summed E-state index contributed by atoms with van der Waals surface area (Å²) in [6.45, 7) is 2.64. The molecule has 502 valence electrons. The second-order valence-corrected chi connectivity index (χ2v) is 24.7. The third-order valence-corrected chi connectivity index (χ3v) is 16.9. The quantitative estimate of drug-likeness (QED) is 0.0162. The van der Waals surface area contributed by atoms with E-state index in [0.29, 0.717) is 54.0 Å². The third-order valence-electron chi connectivity index (χ3n) is 13.1. The molecule has 98 heavy (non-hydrogen) atoms. The number of amides is 1. The Hall–Kier alpha value is -11.9. The fourth-order valence-corrected chi connectivity index (χ4v) is 12.1. The van der Waals surface area contributed by atoms with E-state index in [4.69, 9.17) is 9.68 Å². The topological polar surface area (TPSA) is 406 Å². The summed E-state index contributed by atoms with van der Waals surface area (Å²) in [6.07, 6.45) is 7.04. The number of aromatic amines is 4. The summed E-state index contributed by atoms with van der Waals surface area (Å²) < 4.78 is 46.0. The number of para-hydroxylation sites is 4. The van der Waals surface area contributed by atoms with Gasteiger partial charge in [0.2, 0.25) is 15.9 Å². The summed E-state index contributed by atoms with van der Waals surface area (Å²) in [5.74, 6) is -3.03. The van der Waals surface area contributed by atoms with Gasteiger partial charge < -0.3 is 48.5 Å². The molecule has 8 heterocycles. The van der Waals surface area contributed by atoms with Crippen LogP contribution >= 0.6 is 45.3 Å². The molecule has 0 aliphatic carbocycles. The number of nitrogens with zero attached hydrogens (tertiary/aromatic N) is 8. The maximum atomic E-state index is 11.6. The zero-order valence-corrected chi connectivity index (χ0v) is 56.6. The molecule has 0 saturated heterocycles. The third kappa shape index (κ3) is 17.3. The highest BCUT2D eigenvalue weighted by Crippen LogP contribution is 2.29. The summed E-state index contributed by atoms with van der Waals surface area (Å²) in [7, 11) is 2.76. The number of ether oxygens (including phenoxy) is 5. The van der Waals surface area contributed by atoms with Crippen LogP contribution in [0.3, 0.4) is 0 Å². The number of nitrogens with one attached hydrogen (secondary N) is 6. The smallest absolute Gasteiger partial charge is 0.464 e. The lowest BCUT2D eigenvalue weighted by molar-refractivity contribution is -0.140. The number of benzene rings is 4. The molecule has 12 aromatic rings. The number of rotatable bonds is 17. The Morgan fingerprint density at radius 3 is 1.01 bits per heavy atom. The van der Waals surface area contributed by atoms with E-state index >= 15 is 0 Å². The average Bonchev–Trinajstić information content (AvgIpc) is 1.67. The fourth-order valence-electron chi connectivity index (χ4n) is 8.74. The highest BCUT2D eigenvalue weighted by atomic mass is 32.2. The predicted octanol–water partition coefficient (Wildman–Crippen LogP) is 9.69. The number of carbonyl (C=O) groups excluding carboxylic acids is 7. The van der Waals surface area contributed by atoms with Gasteiger partial charge in [-0.15, -0.1) is 45.3 Å². The predicted molar refractivity (Wildman–Crippen MR) is 367 cm³/mol. The van der Waals surface area contributed by atoms with Crippen molar-refractivity contribution >= 4 is 164 Å². The van der Waals surface area contributed by atoms with E-state index in [-0.39, 0.29) is 28.7 Å². The van der Waals surface area contributed by atoms with E-state index in [2.05, 4.69) is 94.3 Å². The number of fused-ring (bicyclic) bond motifs is 4. The van der Waals surface area contributed by atoms with E-state index in [0.717, 1.165) is 61.0 Å². The molecular weight excluding hydrogens is 1370 g/mol. The van der Waals surface area contributed by atoms with Crippen molar-refractivity contribution in [2.24, 2.45) is 20.5 Å². The van der Waals surface area contributed by atoms with Gasteiger partial charge in [-0.3, -0.25) is 9.63 Å². The van der Waals surface area contributed by atoms with Gasteiger partial charge in [0.1, 0.15) is 42.9 Å². The maximum absolute atomic E-state index is 11.6. The summed E-state index contributed by atoms with van der Waals surface area (Å²) in [6, 6.07) is 30.4. The van der Waals surface area contributed by atoms with Crippen LogP contribution in [0.1, 0.15) is 98.1 Å². The molecule has 35 heteroatoms. The lowest BCUT2D eigenvalue weighted by Gasteiger charge is -2.03. The molecule has 0 spiro atoms. The first-order valence-electron chi connectivity index (χ1n) is 28.1. The van der Waals surface area contributed by atoms with Crippen LogP contribution in [0.2, 0.25) is 0 Å². The number of hydrogen-bond acceptors (Lipinski definition) is 28. The molecular formula is C63H54N14O16S5. The normalized spacial score (nSPS) is 11.7. The first kappa shape index (κ1) is 70.4. The molecule has 4 aromatic carbocycles. The van der Waals surface area contributed by atoms with E-state index < -0.39 is 46.0 Å². The van der Waals surface area contributed by atoms with Crippen molar-refractivity contribution < 1.29 is 75.3 Å². The van der Waals surface area contributed by atoms with Crippen LogP contribution in [0.5, 0.6) is 0 Å². The van der Waals surface area contributed by atoms with Gasteiger partial charge in [0.15, 0.2) is 22.8 Å². The first-order valence-corrected chi connectivity index (χ1v) is 33.5. The van der Waals surface area contributed by atoms with Gasteiger partial charge in [0, 0.05) is 126 Å². The molecule has 0 aliphatic heterocycles. The molecule has 0 atom stereocenters. The second kappa shape index (κ2) is 32.5. The number of aromatic nitrogens is 8. The van der Waals surface area contributed by atoms with Gasteiger partial charge in [0.25, 0.3) is 0 Å². The zero-order valence-electron chi connectivity index (χ0n) is 52.5. The van der Waals surface area contributed by atoms with Gasteiger partial charge in [-0.1, -0.05) is 83.1 Å². The summed E-state index contributed by atoms with van der Waals surface area (Å²) >= 11 is 4.81. The van der Waals surface area contributed by atoms with Gasteiger partial charge in [-0.05, 0) is 24.3 Å². The van der Waals surface area contributed by atoms with Crippen molar-refractivity contribution in [3.8, 4) is 0 Å². The summed E-state index contributed by atoms with van der Waals surface area (Å²) in [5, 5.41) is 27.5. The maximum Gasteiger partial charge on any atom is 0.534 e. The molecule has 0 bridgehead atoms. The van der Waals surface area contributed by atoms with E-state index in [1.807, 2.05) is 97.1 Å². The fraction of sp³-hybridized carbons (Fsp3) is 0.127. The van der Waals surface area contributed by atoms with Crippen LogP contribution in [0.4, 0.5) is 4.79 Å². The zero-order chi connectivity index (χ0) is 70.0. The molecule has 0 unspecified atom stereocenters. The van der Waals surface area contributed by atoms with Crippen molar-refractivity contribution in [3.63, 3.8) is 0 Å². The Labute approximate surface area is 570 Å². The monoisotopic (exact) mass is 1420 g/mol. The minimum atomic E-state index is -3.55. The van der Waals surface area contributed by atoms with E-state index in [1.165, 1.54) is 100 Å². The minimum Gasteiger partial charge on any atom is -0.464 e. The van der Waals surface area contributed by atoms with Crippen molar-refractivity contribution in [1.29, 1.82) is 0 Å². The lowest BCUT2D eigenvalue weighted by Crippen LogP contribution is -2.19. The van der Waals surface area contributed by atoms with E-state index in [9.17, 15) is 42.0 Å². The molecule has 12 rings (SSSR count). The number of esters is 4. The largest absolute Gasteiger partial charge is 0.534 e. The number of thiazole rings is 4. The van der Waals surface area contributed by atoms with Crippen molar-refractivity contribution in [1.82, 2.24) is 50.1 Å². The summed E-state index contributed by atoms with van der Waals surface area (Å²) in [4.78, 5) is 121. The number of hydrazone groups is 2. The highest BCUT2D eigenvalue weighted by molar-refractivity contribution is 7.88. The van der Waals surface area contributed by atoms with Crippen molar-refractivity contribution in [2.75, 3.05) is 41.8 Å². The highest BCUT2D eigenvalue weighted by Gasteiger charge is 2.25. The Balaban J connectivity index is 0.000000153. The molecule has 30 nitrogen and oxygen atoms in total. The van der Waals surface area contributed by atoms with Crippen molar-refractivity contribution in [3.05, 3.63) is 208 Å². The molecule has 8 aromatic heterocycles. The van der Waals surface area contributed by atoms with Gasteiger partial charge in [0.05, 0.1) is 41.8 Å². The molecule has 1 amide bonds. The van der Waals surface area contributed by atoms with Crippen LogP contribution < -0.4 is 10.3 Å². The van der Waals surface area contributed by atoms with Gasteiger partial charge in [-0.2, -0.15) is 10.2 Å². The molecule has 0 aliphatic rings. The Bertz CT molecular complexity index is 5030. The number of hydrogen-bond donors (Lipinski definition) is 6. The van der Waals surface area contributed by atoms with Crippen molar-refractivity contribution in [2.45, 2.75) is 13.8 Å². The minimum absolute atomic E-state index is 0.134. The molecule has 0 radical (unpaired) electrons. The standard InChI is InChI=1S/C16H14N4O3S.C16H13N3O5S.C16H13N3O4S.C15H14N4O4S2/c1-9(21)19-20-14(15-18-13(8-24-15)16(22)23-2)11-7-17-12-6-4-3-5-10(11)12;1-22-15(20)12-8-25-14(18-12)13(19-24-16(21)23-2)10-7-17-11-6-4-3-5-9(10)11;1-9(20)23-19-14(15-18-13(8-24-15)16(21)22-2)11-7-17-12-6-4-3-5-10(11)12;1-23-15(20)12-8-24-14(17-12)13(18-19-25(2,21)22)10-7-16-11-6-4-3-5-9(10)11/h3-8,17H,1-2H3,(H,19,21);3-8,17H,1-2H3;3-8,17H,1-2H3;3-8,16,19H,1-2H3/b20-14-;19-13-;19-14-;18-13-. The van der Waals surface area contributed by atoms with E-state index in [1.54, 1.807) is 40.9 Å². The van der Waals surface area contributed by atoms with Crippen LogP contribution in [0, 0.1) is 0 Å². The Kier molecular flexibility index (Phi) is 23.3. The molecule has 0 saturated carbocycles. The molecule has 0 fully saturated rings. The second-order valence-electron chi connectivity index (χ2n) is 19.6. The number of carbonyl (C=O) groups is 7. The number of sulfonamides is 1. The van der Waals surface area contributed by atoms with Crippen LogP contribution in [0.15, 0.2) is 164 Å². The van der Waals surface area contributed by atoms with Gasteiger partial charge >= 0.3 is 36.0 Å². The lowest BCUT2D eigenvalue weighted by atomic mass is 10.1. The van der Waals surface area contributed by atoms with Crippen LogP contribution in [-0.4, -0.2) is 155 Å². The Morgan fingerprint density at radius 1 is 0.418 bits per heavy atom. The number of H-pyrrole nitrogens is 4.